The molecule has 0 spiro atoms. The predicted molar refractivity (Wildman–Crippen MR) is 112 cm³/mol. The maximum absolute atomic E-state index is 11.1. The molecule has 0 bridgehead atoms. The number of carbonyl (C=O) groups is 1. The molecule has 0 amide bonds. The fourth-order valence-corrected chi connectivity index (χ4v) is 4.76. The molecule has 2 aliphatic rings. The summed E-state index contributed by atoms with van der Waals surface area (Å²) in [5.74, 6) is 0.778. The van der Waals surface area contributed by atoms with Gasteiger partial charge < -0.3 is 9.47 Å². The number of carbonyl (C=O) groups excluding carboxylic acids is 1. The van der Waals surface area contributed by atoms with Crippen molar-refractivity contribution in [3.05, 3.63) is 76.3 Å². The average Bonchev–Trinajstić information content (AvgIpc) is 3.40. The first-order chi connectivity index (χ1) is 14.3. The summed E-state index contributed by atoms with van der Waals surface area (Å²) in [6, 6.07) is 16.7. The van der Waals surface area contributed by atoms with Gasteiger partial charge in [0.15, 0.2) is 6.29 Å². The number of fused-ring (bicyclic) bond motifs is 2. The summed E-state index contributed by atoms with van der Waals surface area (Å²) in [4.78, 5) is 15.4. The fourth-order valence-electron chi connectivity index (χ4n) is 4.76. The Hall–Kier alpha value is -3.14. The van der Waals surface area contributed by atoms with E-state index in [9.17, 15) is 4.79 Å². The summed E-state index contributed by atoms with van der Waals surface area (Å²) in [5.41, 5.74) is 8.78. The third kappa shape index (κ3) is 3.09. The van der Waals surface area contributed by atoms with E-state index in [-0.39, 0.29) is 6.10 Å². The van der Waals surface area contributed by atoms with Crippen LogP contribution in [-0.2, 0) is 19.3 Å². The van der Waals surface area contributed by atoms with Crippen molar-refractivity contribution in [1.29, 1.82) is 0 Å². The molecular weight excluding hydrogens is 362 g/mol. The lowest BCUT2D eigenvalue weighted by Gasteiger charge is -2.17. The molecule has 0 fully saturated rings. The topological polar surface area (TPSA) is 48.4 Å². The van der Waals surface area contributed by atoms with Crippen LogP contribution in [0.15, 0.2) is 48.5 Å². The maximum atomic E-state index is 11.1. The zero-order valence-corrected chi connectivity index (χ0v) is 16.5. The van der Waals surface area contributed by atoms with Crippen molar-refractivity contribution in [2.24, 2.45) is 0 Å². The Morgan fingerprint density at radius 1 is 0.966 bits per heavy atom. The number of methoxy groups -OCH3 is 1. The number of nitrogens with zero attached hydrogens (tertiary/aromatic N) is 1. The first kappa shape index (κ1) is 17.9. The van der Waals surface area contributed by atoms with Gasteiger partial charge in [0.1, 0.15) is 6.10 Å². The Labute approximate surface area is 170 Å². The van der Waals surface area contributed by atoms with Crippen LogP contribution in [0, 0.1) is 0 Å². The van der Waals surface area contributed by atoms with Crippen molar-refractivity contribution in [2.75, 3.05) is 7.11 Å². The molecule has 3 aromatic rings. The monoisotopic (exact) mass is 385 g/mol. The van der Waals surface area contributed by atoms with Gasteiger partial charge in [-0.05, 0) is 71.6 Å². The van der Waals surface area contributed by atoms with Crippen LogP contribution in [0.4, 0.5) is 0 Å². The number of aromatic nitrogens is 1. The lowest BCUT2D eigenvalue weighted by atomic mass is 9.92. The van der Waals surface area contributed by atoms with Gasteiger partial charge in [-0.2, -0.15) is 4.98 Å². The van der Waals surface area contributed by atoms with Gasteiger partial charge in [-0.3, -0.25) is 4.79 Å². The number of benzene rings is 2. The molecule has 1 atom stereocenters. The van der Waals surface area contributed by atoms with Crippen molar-refractivity contribution in [3.8, 4) is 22.9 Å². The third-order valence-corrected chi connectivity index (χ3v) is 6.10. The van der Waals surface area contributed by atoms with Gasteiger partial charge >= 0.3 is 0 Å². The smallest absolute Gasteiger partial charge is 0.227 e. The Bertz CT molecular complexity index is 1090. The Morgan fingerprint density at radius 3 is 2.62 bits per heavy atom. The highest BCUT2D eigenvalue weighted by Crippen LogP contribution is 2.42. The molecule has 2 aliphatic carbocycles. The van der Waals surface area contributed by atoms with Crippen LogP contribution >= 0.6 is 0 Å². The number of hydrogen-bond donors (Lipinski definition) is 0. The second kappa shape index (κ2) is 7.36. The molecule has 4 nitrogen and oxygen atoms in total. The molecule has 0 unspecified atom stereocenters. The molecule has 146 valence electrons. The largest absolute Gasteiger partial charge is 0.480 e. The summed E-state index contributed by atoms with van der Waals surface area (Å²) in [7, 11) is 1.51. The minimum atomic E-state index is -0.0407. The van der Waals surface area contributed by atoms with Crippen LogP contribution in [0.5, 0.6) is 11.8 Å². The summed E-state index contributed by atoms with van der Waals surface area (Å²) in [5, 5.41) is 0. The normalized spacial score (nSPS) is 16.9. The molecule has 1 heterocycles. The molecule has 0 radical (unpaired) electrons. The number of aldehydes is 1. The lowest BCUT2D eigenvalue weighted by molar-refractivity contribution is 0.111. The van der Waals surface area contributed by atoms with E-state index in [4.69, 9.17) is 9.47 Å². The molecular formula is C25H23NO3. The van der Waals surface area contributed by atoms with E-state index in [1.807, 2.05) is 0 Å². The maximum Gasteiger partial charge on any atom is 0.227 e. The molecule has 0 aliphatic heterocycles. The molecule has 5 rings (SSSR count). The van der Waals surface area contributed by atoms with E-state index in [1.165, 1.54) is 59.8 Å². The molecule has 0 N–H and O–H groups in total. The molecule has 2 aromatic carbocycles. The first-order valence-corrected chi connectivity index (χ1v) is 10.2. The van der Waals surface area contributed by atoms with Crippen molar-refractivity contribution >= 4 is 6.29 Å². The second-order valence-corrected chi connectivity index (χ2v) is 7.68. The number of hydrogen-bond acceptors (Lipinski definition) is 4. The minimum Gasteiger partial charge on any atom is -0.480 e. The molecule has 1 aromatic heterocycles. The SMILES string of the molecule is COc1nc(O[C@H]2CCc3c(-c4cccc5c4CCC5)cccc32)ccc1C=O. The van der Waals surface area contributed by atoms with E-state index in [0.29, 0.717) is 17.3 Å². The van der Waals surface area contributed by atoms with Gasteiger partial charge in [0.05, 0.1) is 12.7 Å². The van der Waals surface area contributed by atoms with Crippen molar-refractivity contribution in [2.45, 2.75) is 38.2 Å². The quantitative estimate of drug-likeness (QED) is 0.572. The summed E-state index contributed by atoms with van der Waals surface area (Å²) < 4.78 is 11.4. The number of rotatable bonds is 5. The fraction of sp³-hybridized carbons (Fsp3) is 0.280. The van der Waals surface area contributed by atoms with E-state index < -0.39 is 0 Å². The van der Waals surface area contributed by atoms with Gasteiger partial charge in [0.25, 0.3) is 0 Å². The van der Waals surface area contributed by atoms with Crippen molar-refractivity contribution in [1.82, 2.24) is 4.98 Å². The number of pyridine rings is 1. The summed E-state index contributed by atoms with van der Waals surface area (Å²) in [6.45, 7) is 0. The highest BCUT2D eigenvalue weighted by Gasteiger charge is 2.28. The standard InChI is InChI=1S/C25H23NO3/c1-28-25-17(15-27)11-14-24(26-25)29-23-13-12-21-20(9-4-10-22(21)23)19-8-3-6-16-5-2-7-18(16)19/h3-4,6,8-11,14-15,23H,2,5,7,12-13H2,1H3/t23-/m0/s1. The predicted octanol–water partition coefficient (Wildman–Crippen LogP) is 5.12. The lowest BCUT2D eigenvalue weighted by Crippen LogP contribution is -2.06. The average molecular weight is 385 g/mol. The molecule has 0 saturated heterocycles. The van der Waals surface area contributed by atoms with Gasteiger partial charge in [-0.15, -0.1) is 0 Å². The van der Waals surface area contributed by atoms with E-state index in [0.717, 1.165) is 19.1 Å². The van der Waals surface area contributed by atoms with Crippen molar-refractivity contribution < 1.29 is 14.3 Å². The van der Waals surface area contributed by atoms with Crippen molar-refractivity contribution in [3.63, 3.8) is 0 Å². The van der Waals surface area contributed by atoms with Gasteiger partial charge in [0.2, 0.25) is 11.8 Å². The molecule has 0 saturated carbocycles. The second-order valence-electron chi connectivity index (χ2n) is 7.68. The van der Waals surface area contributed by atoms with Crippen LogP contribution in [-0.4, -0.2) is 18.4 Å². The first-order valence-electron chi connectivity index (χ1n) is 10.2. The van der Waals surface area contributed by atoms with E-state index in [1.54, 1.807) is 12.1 Å². The molecule has 4 heteroatoms. The summed E-state index contributed by atoms with van der Waals surface area (Å²) >= 11 is 0. The van der Waals surface area contributed by atoms with Gasteiger partial charge in [-0.25, -0.2) is 0 Å². The number of aryl methyl sites for hydroxylation is 1. The zero-order valence-electron chi connectivity index (χ0n) is 16.5. The highest BCUT2D eigenvalue weighted by molar-refractivity contribution is 5.78. The van der Waals surface area contributed by atoms with Crippen LogP contribution in [0.1, 0.15) is 51.6 Å². The highest BCUT2D eigenvalue weighted by atomic mass is 16.5. The zero-order chi connectivity index (χ0) is 19.8. The Balaban J connectivity index is 1.48. The van der Waals surface area contributed by atoms with Gasteiger partial charge in [-0.1, -0.05) is 36.4 Å². The van der Waals surface area contributed by atoms with E-state index in [2.05, 4.69) is 41.4 Å². The van der Waals surface area contributed by atoms with E-state index >= 15 is 0 Å². The molecule has 29 heavy (non-hydrogen) atoms. The number of ether oxygens (including phenoxy) is 2. The van der Waals surface area contributed by atoms with Crippen LogP contribution in [0.25, 0.3) is 11.1 Å². The summed E-state index contributed by atoms with van der Waals surface area (Å²) in [6.07, 6.45) is 6.21. The van der Waals surface area contributed by atoms with Crippen LogP contribution in [0.3, 0.4) is 0 Å². The Kier molecular flexibility index (Phi) is 4.55. The van der Waals surface area contributed by atoms with Crippen LogP contribution in [0.2, 0.25) is 0 Å². The minimum absolute atomic E-state index is 0.0407. The Morgan fingerprint density at radius 2 is 1.79 bits per heavy atom. The van der Waals surface area contributed by atoms with Crippen LogP contribution < -0.4 is 9.47 Å². The third-order valence-electron chi connectivity index (χ3n) is 6.10. The van der Waals surface area contributed by atoms with Gasteiger partial charge in [0, 0.05) is 6.07 Å².